The maximum Gasteiger partial charge on any atom is 0.229 e. The maximum absolute atomic E-state index is 11.8. The number of aliphatic hydroxyl groups is 4. The van der Waals surface area contributed by atoms with Crippen molar-refractivity contribution in [2.75, 3.05) is 13.7 Å². The van der Waals surface area contributed by atoms with Gasteiger partial charge in [0.05, 0.1) is 13.7 Å². The van der Waals surface area contributed by atoms with E-state index in [0.29, 0.717) is 5.56 Å². The van der Waals surface area contributed by atoms with E-state index in [1.807, 2.05) is 0 Å². The topological polar surface area (TPSA) is 146 Å². The zero-order valence-corrected chi connectivity index (χ0v) is 15.0. The Balaban J connectivity index is 2.46. The number of phenolic OH excluding ortho intramolecular Hbond substituents is 1. The average Bonchev–Trinajstić information content (AvgIpc) is 2.60. The second-order valence-corrected chi connectivity index (χ2v) is 6.21. The summed E-state index contributed by atoms with van der Waals surface area (Å²) in [6.45, 7) is 3.79. The molecule has 1 fully saturated rings. The minimum atomic E-state index is -1.60. The molecule has 0 saturated carbocycles. The molecule has 1 aromatic carbocycles. The van der Waals surface area contributed by atoms with Crippen LogP contribution in [0.3, 0.4) is 0 Å². The number of ether oxygens (including phenoxy) is 3. The van der Waals surface area contributed by atoms with Crippen LogP contribution in [0, 0.1) is 13.8 Å². The molecule has 26 heavy (non-hydrogen) atoms. The van der Waals surface area contributed by atoms with Crippen LogP contribution in [0.15, 0.2) is 0 Å². The largest absolute Gasteiger partial charge is 0.507 e. The number of rotatable bonds is 5. The fraction of sp³-hybridized carbons (Fsp3) is 0.588. The van der Waals surface area contributed by atoms with Crippen LogP contribution in [0.1, 0.15) is 28.4 Å². The summed E-state index contributed by atoms with van der Waals surface area (Å²) in [5, 5.41) is 49.4. The molecule has 0 bridgehead atoms. The molecule has 9 heteroatoms. The first-order valence-corrected chi connectivity index (χ1v) is 8.03. The Kier molecular flexibility index (Phi) is 6.09. The Labute approximate surface area is 150 Å². The molecule has 9 nitrogen and oxygen atoms in total. The van der Waals surface area contributed by atoms with Gasteiger partial charge in [0.1, 0.15) is 47.2 Å². The third kappa shape index (κ3) is 3.36. The van der Waals surface area contributed by atoms with E-state index in [9.17, 15) is 30.3 Å². The highest BCUT2D eigenvalue weighted by Crippen LogP contribution is 2.43. The summed E-state index contributed by atoms with van der Waals surface area (Å²) in [5.74, 6) is -0.529. The normalized spacial score (nSPS) is 28.7. The lowest BCUT2D eigenvalue weighted by molar-refractivity contribution is -0.277. The monoisotopic (exact) mass is 372 g/mol. The summed E-state index contributed by atoms with van der Waals surface area (Å²) in [4.78, 5) is 11.8. The molecular weight excluding hydrogens is 348 g/mol. The van der Waals surface area contributed by atoms with E-state index in [0.717, 1.165) is 0 Å². The minimum absolute atomic E-state index is 0.00338. The van der Waals surface area contributed by atoms with Crippen molar-refractivity contribution in [2.45, 2.75) is 51.5 Å². The lowest BCUT2D eigenvalue weighted by Crippen LogP contribution is -2.60. The summed E-state index contributed by atoms with van der Waals surface area (Å²) < 4.78 is 16.2. The van der Waals surface area contributed by atoms with Gasteiger partial charge in [-0.3, -0.25) is 4.79 Å². The molecule has 1 aliphatic heterocycles. The van der Waals surface area contributed by atoms with Gasteiger partial charge in [0.15, 0.2) is 5.78 Å². The molecule has 0 aromatic heterocycles. The molecule has 1 heterocycles. The van der Waals surface area contributed by atoms with Gasteiger partial charge in [-0.2, -0.15) is 0 Å². The van der Waals surface area contributed by atoms with Gasteiger partial charge in [-0.25, -0.2) is 0 Å². The maximum atomic E-state index is 11.8. The van der Waals surface area contributed by atoms with Gasteiger partial charge >= 0.3 is 0 Å². The van der Waals surface area contributed by atoms with E-state index in [1.54, 1.807) is 6.92 Å². The van der Waals surface area contributed by atoms with E-state index < -0.39 is 43.1 Å². The molecule has 1 aromatic rings. The Hall–Kier alpha value is -1.91. The van der Waals surface area contributed by atoms with Gasteiger partial charge < -0.3 is 39.7 Å². The van der Waals surface area contributed by atoms with Gasteiger partial charge in [-0.1, -0.05) is 0 Å². The van der Waals surface area contributed by atoms with E-state index in [-0.39, 0.29) is 28.4 Å². The zero-order chi connectivity index (χ0) is 19.8. The number of Topliss-reactive ketones (excluding diaryl/α,β-unsaturated/α-hetero) is 1. The Morgan fingerprint density at radius 2 is 1.69 bits per heavy atom. The molecule has 1 aliphatic rings. The highest BCUT2D eigenvalue weighted by atomic mass is 16.7. The summed E-state index contributed by atoms with van der Waals surface area (Å²) in [6.07, 6.45) is -7.27. The first kappa shape index (κ1) is 20.4. The molecule has 146 valence electrons. The van der Waals surface area contributed by atoms with Crippen LogP contribution >= 0.6 is 0 Å². The predicted octanol–water partition coefficient (Wildman–Crippen LogP) is -0.601. The van der Waals surface area contributed by atoms with E-state index >= 15 is 0 Å². The fourth-order valence-electron chi connectivity index (χ4n) is 3.01. The van der Waals surface area contributed by atoms with Crippen LogP contribution in [0.4, 0.5) is 0 Å². The molecule has 0 amide bonds. The lowest BCUT2D eigenvalue weighted by Gasteiger charge is -2.40. The molecule has 0 unspecified atom stereocenters. The van der Waals surface area contributed by atoms with E-state index in [2.05, 4.69) is 0 Å². The first-order chi connectivity index (χ1) is 12.1. The number of ketones is 1. The zero-order valence-electron chi connectivity index (χ0n) is 15.0. The predicted molar refractivity (Wildman–Crippen MR) is 88.5 cm³/mol. The van der Waals surface area contributed by atoms with Gasteiger partial charge in [0, 0.05) is 11.1 Å². The van der Waals surface area contributed by atoms with Gasteiger partial charge in [-0.05, 0) is 20.8 Å². The SMILES string of the molecule is COc1c(C)c(O[C@@H]2O[C@H](CO)[C@@H](O)[C@H](O)[C@H]2O)c(C)c(O)c1C(C)=O. The van der Waals surface area contributed by atoms with Gasteiger partial charge in [0.2, 0.25) is 6.29 Å². The molecule has 1 saturated heterocycles. The summed E-state index contributed by atoms with van der Waals surface area (Å²) >= 11 is 0. The van der Waals surface area contributed by atoms with Crippen molar-refractivity contribution in [3.05, 3.63) is 16.7 Å². The van der Waals surface area contributed by atoms with Crippen LogP contribution in [0.25, 0.3) is 0 Å². The number of hydrogen-bond acceptors (Lipinski definition) is 9. The number of aliphatic hydroxyl groups excluding tert-OH is 4. The van der Waals surface area contributed by atoms with Gasteiger partial charge in [-0.15, -0.1) is 0 Å². The number of benzene rings is 1. The van der Waals surface area contributed by atoms with Gasteiger partial charge in [0.25, 0.3) is 0 Å². The van der Waals surface area contributed by atoms with Crippen molar-refractivity contribution in [2.24, 2.45) is 0 Å². The fourth-order valence-corrected chi connectivity index (χ4v) is 3.01. The second-order valence-electron chi connectivity index (χ2n) is 6.21. The quantitative estimate of drug-likeness (QED) is 0.428. The second kappa shape index (κ2) is 7.77. The molecule has 2 rings (SSSR count). The number of methoxy groups -OCH3 is 1. The van der Waals surface area contributed by atoms with Crippen molar-refractivity contribution in [3.8, 4) is 17.2 Å². The third-order valence-electron chi connectivity index (χ3n) is 4.48. The smallest absolute Gasteiger partial charge is 0.229 e. The molecule has 0 radical (unpaired) electrons. The van der Waals surface area contributed by atoms with Crippen LogP contribution in [-0.4, -0.2) is 75.7 Å². The summed E-state index contributed by atoms with van der Waals surface area (Å²) in [6, 6.07) is 0. The van der Waals surface area contributed by atoms with Crippen molar-refractivity contribution in [1.29, 1.82) is 0 Å². The summed E-state index contributed by atoms with van der Waals surface area (Å²) in [5.41, 5.74) is 0.596. The van der Waals surface area contributed by atoms with E-state index in [1.165, 1.54) is 21.0 Å². The van der Waals surface area contributed by atoms with E-state index in [4.69, 9.17) is 14.2 Å². The number of aromatic hydroxyl groups is 1. The number of phenols is 1. The lowest BCUT2D eigenvalue weighted by atomic mass is 9.98. The summed E-state index contributed by atoms with van der Waals surface area (Å²) in [7, 11) is 1.33. The highest BCUT2D eigenvalue weighted by Gasteiger charge is 2.45. The average molecular weight is 372 g/mol. The third-order valence-corrected chi connectivity index (χ3v) is 4.48. The number of hydrogen-bond donors (Lipinski definition) is 5. The van der Waals surface area contributed by atoms with Crippen molar-refractivity contribution < 1.29 is 44.5 Å². The highest BCUT2D eigenvalue weighted by molar-refractivity contribution is 6.01. The number of carbonyl (C=O) groups excluding carboxylic acids is 1. The Morgan fingerprint density at radius 1 is 1.08 bits per heavy atom. The van der Waals surface area contributed by atoms with Crippen LogP contribution < -0.4 is 9.47 Å². The van der Waals surface area contributed by atoms with Crippen LogP contribution in [0.5, 0.6) is 17.2 Å². The van der Waals surface area contributed by atoms with Crippen molar-refractivity contribution >= 4 is 5.78 Å². The minimum Gasteiger partial charge on any atom is -0.507 e. The van der Waals surface area contributed by atoms with Crippen LogP contribution in [-0.2, 0) is 4.74 Å². The van der Waals surface area contributed by atoms with Crippen LogP contribution in [0.2, 0.25) is 0 Å². The Morgan fingerprint density at radius 3 is 2.19 bits per heavy atom. The molecule has 5 atom stereocenters. The number of carbonyl (C=O) groups is 1. The Bertz CT molecular complexity index is 686. The molecule has 5 N–H and O–H groups in total. The standard InChI is InChI=1S/C17H24O9/c1-6-11(20)10(8(3)19)16(24-4)7(2)15(6)26-17-14(23)13(22)12(21)9(5-18)25-17/h9,12-14,17-18,20-23H,5H2,1-4H3/t9-,12-,13+,14-,17+/m1/s1. The molecule has 0 aliphatic carbocycles. The molecular formula is C17H24O9. The first-order valence-electron chi connectivity index (χ1n) is 8.03. The molecule has 0 spiro atoms. The van der Waals surface area contributed by atoms with Crippen molar-refractivity contribution in [1.82, 2.24) is 0 Å². The van der Waals surface area contributed by atoms with Crippen molar-refractivity contribution in [3.63, 3.8) is 0 Å².